The van der Waals surface area contributed by atoms with Gasteiger partial charge in [0.05, 0.1) is 41.0 Å². The van der Waals surface area contributed by atoms with Gasteiger partial charge < -0.3 is 14.8 Å². The number of carbonyl (C=O) groups excluding carboxylic acids is 2. The third kappa shape index (κ3) is 5.27. The molecule has 10 heteroatoms. The Bertz CT molecular complexity index is 1280. The van der Waals surface area contributed by atoms with Crippen LogP contribution in [-0.2, 0) is 14.8 Å². The van der Waals surface area contributed by atoms with Crippen molar-refractivity contribution in [1.29, 1.82) is 0 Å². The fraction of sp³-hybridized carbons (Fsp3) is 0.130. The number of hydrogen-bond acceptors (Lipinski definition) is 6. The van der Waals surface area contributed by atoms with Crippen molar-refractivity contribution in [3.63, 3.8) is 0 Å². The average molecular weight is 489 g/mol. The first-order chi connectivity index (χ1) is 15.7. The van der Waals surface area contributed by atoms with Crippen molar-refractivity contribution in [1.82, 2.24) is 0 Å². The Kier molecular flexibility index (Phi) is 7.25. The smallest absolute Gasteiger partial charge is 0.337 e. The summed E-state index contributed by atoms with van der Waals surface area (Å²) in [7, 11) is 0.226. The Morgan fingerprint density at radius 2 is 1.58 bits per heavy atom. The molecule has 0 saturated heterocycles. The van der Waals surface area contributed by atoms with E-state index in [-0.39, 0.29) is 15.5 Å². The maximum atomic E-state index is 13.1. The summed E-state index contributed by atoms with van der Waals surface area (Å²) in [6.07, 6.45) is 0. The van der Waals surface area contributed by atoms with Crippen LogP contribution in [0.4, 0.5) is 11.4 Å². The van der Waals surface area contributed by atoms with Crippen LogP contribution in [0.25, 0.3) is 0 Å². The van der Waals surface area contributed by atoms with Gasteiger partial charge in [-0.05, 0) is 66.7 Å². The lowest BCUT2D eigenvalue weighted by Gasteiger charge is -2.20. The zero-order valence-electron chi connectivity index (χ0n) is 18.0. The van der Waals surface area contributed by atoms with E-state index in [2.05, 4.69) is 10.1 Å². The van der Waals surface area contributed by atoms with Gasteiger partial charge in [0.2, 0.25) is 0 Å². The Morgan fingerprint density at radius 1 is 0.939 bits per heavy atom. The number of carbonyl (C=O) groups is 2. The fourth-order valence-electron chi connectivity index (χ4n) is 2.93. The molecule has 33 heavy (non-hydrogen) atoms. The van der Waals surface area contributed by atoms with E-state index in [0.717, 1.165) is 4.31 Å². The first-order valence-electron chi connectivity index (χ1n) is 9.59. The molecule has 0 aromatic heterocycles. The zero-order valence-corrected chi connectivity index (χ0v) is 19.6. The van der Waals surface area contributed by atoms with Crippen molar-refractivity contribution < 1.29 is 27.5 Å². The van der Waals surface area contributed by atoms with Crippen molar-refractivity contribution in [2.24, 2.45) is 0 Å². The summed E-state index contributed by atoms with van der Waals surface area (Å²) in [6.45, 7) is 0. The van der Waals surface area contributed by atoms with Gasteiger partial charge in [0.25, 0.3) is 15.9 Å². The highest BCUT2D eigenvalue weighted by Gasteiger charge is 2.24. The number of benzene rings is 3. The molecule has 0 heterocycles. The standard InChI is InChI=1S/C23H21ClN2O6S/c1-26(17-8-10-18(31-2)11-9-17)33(29,30)19-12-13-21(24)20(14-19)22(27)25-16-6-4-15(5-7-16)23(28)32-3/h4-14H,1-3H3,(H,25,27). The van der Waals surface area contributed by atoms with Gasteiger partial charge in [-0.2, -0.15) is 0 Å². The third-order valence-electron chi connectivity index (χ3n) is 4.84. The number of nitrogens with zero attached hydrogens (tertiary/aromatic N) is 1. The van der Waals surface area contributed by atoms with Crippen LogP contribution < -0.4 is 14.4 Å². The zero-order chi connectivity index (χ0) is 24.2. The maximum Gasteiger partial charge on any atom is 0.337 e. The minimum absolute atomic E-state index is 0.0158. The monoisotopic (exact) mass is 488 g/mol. The lowest BCUT2D eigenvalue weighted by atomic mass is 10.2. The highest BCUT2D eigenvalue weighted by molar-refractivity contribution is 7.92. The van der Waals surface area contributed by atoms with Crippen LogP contribution in [0.15, 0.2) is 71.6 Å². The van der Waals surface area contributed by atoms with E-state index in [1.807, 2.05) is 0 Å². The lowest BCUT2D eigenvalue weighted by molar-refractivity contribution is 0.0600. The minimum atomic E-state index is -3.97. The van der Waals surface area contributed by atoms with E-state index >= 15 is 0 Å². The molecular formula is C23H21ClN2O6S. The van der Waals surface area contributed by atoms with E-state index in [4.69, 9.17) is 16.3 Å². The second kappa shape index (κ2) is 9.93. The van der Waals surface area contributed by atoms with Crippen molar-refractivity contribution in [2.75, 3.05) is 30.9 Å². The summed E-state index contributed by atoms with van der Waals surface area (Å²) in [6, 6.07) is 16.5. The van der Waals surface area contributed by atoms with Crippen molar-refractivity contribution in [3.05, 3.63) is 82.9 Å². The van der Waals surface area contributed by atoms with E-state index in [1.165, 1.54) is 63.7 Å². The lowest BCUT2D eigenvalue weighted by Crippen LogP contribution is -2.27. The summed E-state index contributed by atoms with van der Waals surface area (Å²) in [5, 5.41) is 2.73. The van der Waals surface area contributed by atoms with Gasteiger partial charge in [-0.1, -0.05) is 11.6 Å². The number of anilines is 2. The van der Waals surface area contributed by atoms with Gasteiger partial charge >= 0.3 is 5.97 Å². The molecular weight excluding hydrogens is 468 g/mol. The second-order valence-corrected chi connectivity index (χ2v) is 9.21. The van der Waals surface area contributed by atoms with E-state index < -0.39 is 21.9 Å². The van der Waals surface area contributed by atoms with Crippen LogP contribution in [0.2, 0.25) is 5.02 Å². The van der Waals surface area contributed by atoms with Crippen LogP contribution in [-0.4, -0.2) is 41.6 Å². The molecule has 3 rings (SSSR count). The molecule has 1 amide bonds. The topological polar surface area (TPSA) is 102 Å². The molecule has 0 saturated carbocycles. The molecule has 0 unspecified atom stereocenters. The summed E-state index contributed by atoms with van der Waals surface area (Å²) < 4.78 is 37.1. The molecule has 3 aromatic rings. The van der Waals surface area contributed by atoms with E-state index in [0.29, 0.717) is 22.7 Å². The molecule has 1 N–H and O–H groups in total. The second-order valence-electron chi connectivity index (χ2n) is 6.84. The molecule has 0 bridgehead atoms. The predicted molar refractivity (Wildman–Crippen MR) is 126 cm³/mol. The number of methoxy groups -OCH3 is 2. The fourth-order valence-corrected chi connectivity index (χ4v) is 4.36. The molecule has 3 aromatic carbocycles. The molecule has 0 spiro atoms. The normalized spacial score (nSPS) is 10.9. The molecule has 0 atom stereocenters. The van der Waals surface area contributed by atoms with Gasteiger partial charge in [0.15, 0.2) is 0 Å². The number of sulfonamides is 1. The average Bonchev–Trinajstić information content (AvgIpc) is 2.83. The van der Waals surface area contributed by atoms with E-state index in [1.54, 1.807) is 24.3 Å². The van der Waals surface area contributed by atoms with E-state index in [9.17, 15) is 18.0 Å². The van der Waals surface area contributed by atoms with Crippen molar-refractivity contribution >= 4 is 44.9 Å². The quantitative estimate of drug-likeness (QED) is 0.500. The molecule has 8 nitrogen and oxygen atoms in total. The van der Waals surface area contributed by atoms with Gasteiger partial charge in [-0.25, -0.2) is 13.2 Å². The Balaban J connectivity index is 1.85. The number of rotatable bonds is 7. The summed E-state index contributed by atoms with van der Waals surface area (Å²) in [4.78, 5) is 24.2. The number of amides is 1. The maximum absolute atomic E-state index is 13.1. The van der Waals surface area contributed by atoms with Gasteiger partial charge in [0.1, 0.15) is 5.75 Å². The van der Waals surface area contributed by atoms with Crippen LogP contribution in [0.5, 0.6) is 5.75 Å². The third-order valence-corrected chi connectivity index (χ3v) is 6.95. The molecule has 172 valence electrons. The number of hydrogen-bond donors (Lipinski definition) is 1. The first-order valence-corrected chi connectivity index (χ1v) is 11.4. The van der Waals surface area contributed by atoms with Crippen LogP contribution in [0.1, 0.15) is 20.7 Å². The Labute approximate surface area is 196 Å². The largest absolute Gasteiger partial charge is 0.497 e. The SMILES string of the molecule is COC(=O)c1ccc(NC(=O)c2cc(S(=O)(=O)N(C)c3ccc(OC)cc3)ccc2Cl)cc1. The van der Waals surface area contributed by atoms with Crippen LogP contribution in [0.3, 0.4) is 0 Å². The minimum Gasteiger partial charge on any atom is -0.497 e. The summed E-state index contributed by atoms with van der Waals surface area (Å²) in [5.74, 6) is -0.514. The highest BCUT2D eigenvalue weighted by atomic mass is 35.5. The predicted octanol–water partition coefficient (Wildman–Crippen LogP) is 4.21. The first kappa shape index (κ1) is 24.1. The van der Waals surface area contributed by atoms with Gasteiger partial charge in [-0.3, -0.25) is 9.10 Å². The number of halogens is 1. The summed E-state index contributed by atoms with van der Waals surface area (Å²) in [5.41, 5.74) is 1.12. The highest BCUT2D eigenvalue weighted by Crippen LogP contribution is 2.27. The summed E-state index contributed by atoms with van der Waals surface area (Å²) >= 11 is 6.18. The molecule has 0 aliphatic carbocycles. The van der Waals surface area contributed by atoms with Crippen LogP contribution >= 0.6 is 11.6 Å². The van der Waals surface area contributed by atoms with Crippen molar-refractivity contribution in [2.45, 2.75) is 4.90 Å². The molecule has 0 radical (unpaired) electrons. The number of esters is 1. The van der Waals surface area contributed by atoms with Gasteiger partial charge in [0, 0.05) is 12.7 Å². The van der Waals surface area contributed by atoms with Crippen LogP contribution in [0, 0.1) is 0 Å². The number of nitrogens with one attached hydrogen (secondary N) is 1. The number of ether oxygens (including phenoxy) is 2. The van der Waals surface area contributed by atoms with Crippen molar-refractivity contribution in [3.8, 4) is 5.75 Å². The van der Waals surface area contributed by atoms with Gasteiger partial charge in [-0.15, -0.1) is 0 Å². The Hall–Kier alpha value is -3.56. The Morgan fingerprint density at radius 3 is 2.15 bits per heavy atom. The molecule has 0 fully saturated rings. The molecule has 0 aliphatic heterocycles. The molecule has 0 aliphatic rings.